The van der Waals surface area contributed by atoms with Gasteiger partial charge < -0.3 is 9.84 Å². The van der Waals surface area contributed by atoms with Crippen molar-refractivity contribution in [3.05, 3.63) is 18.3 Å². The Kier molecular flexibility index (Phi) is 4.37. The molecule has 0 aromatic rings. The van der Waals surface area contributed by atoms with Gasteiger partial charge in [-0.1, -0.05) is 6.92 Å². The molecule has 57 valence electrons. The highest BCUT2D eigenvalue weighted by atomic mass is 16.5. The fraction of sp³-hybridized carbons (Fsp3) is 0.429. The van der Waals surface area contributed by atoms with E-state index >= 15 is 0 Å². The fourth-order valence-electron chi connectivity index (χ4n) is 0.320. The van der Waals surface area contributed by atoms with Crippen molar-refractivity contribution in [2.45, 2.75) is 13.8 Å². The van der Waals surface area contributed by atoms with E-state index in [1.54, 1.807) is 6.42 Å². The maximum Gasteiger partial charge on any atom is 0.334 e. The van der Waals surface area contributed by atoms with Crippen molar-refractivity contribution >= 4 is 5.97 Å². The molecular weight excluding hydrogens is 132 g/mol. The van der Waals surface area contributed by atoms with Crippen LogP contribution in [0.4, 0.5) is 0 Å². The zero-order valence-electron chi connectivity index (χ0n) is 6.13. The second-order valence-corrected chi connectivity index (χ2v) is 1.85. The van der Waals surface area contributed by atoms with Crippen molar-refractivity contribution in [3.8, 4) is 0 Å². The Morgan fingerprint density at radius 3 is 2.70 bits per heavy atom. The van der Waals surface area contributed by atoms with Crippen LogP contribution in [0.1, 0.15) is 13.8 Å². The van der Waals surface area contributed by atoms with Gasteiger partial charge in [0, 0.05) is 0 Å². The molecule has 0 atom stereocenters. The summed E-state index contributed by atoms with van der Waals surface area (Å²) in [5.74, 6) is -0.948. The molecule has 0 aromatic carbocycles. The molecule has 10 heavy (non-hydrogen) atoms. The molecule has 0 spiro atoms. The van der Waals surface area contributed by atoms with Crippen molar-refractivity contribution in [2.75, 3.05) is 6.61 Å². The molecule has 0 aliphatic heterocycles. The number of carboxylic acids is 1. The van der Waals surface area contributed by atoms with Crippen LogP contribution in [0.25, 0.3) is 0 Å². The van der Waals surface area contributed by atoms with Crippen LogP contribution in [0.15, 0.2) is 11.8 Å². The van der Waals surface area contributed by atoms with Gasteiger partial charge in [-0.25, -0.2) is 4.79 Å². The highest BCUT2D eigenvalue weighted by Crippen LogP contribution is 1.92. The van der Waals surface area contributed by atoms with Crippen molar-refractivity contribution in [3.63, 3.8) is 0 Å². The summed E-state index contributed by atoms with van der Waals surface area (Å²) >= 11 is 0. The third-order valence-corrected chi connectivity index (χ3v) is 0.860. The van der Waals surface area contributed by atoms with Gasteiger partial charge in [0.2, 0.25) is 0 Å². The number of ether oxygens (including phenoxy) is 1. The van der Waals surface area contributed by atoms with Crippen molar-refractivity contribution < 1.29 is 14.6 Å². The molecule has 0 saturated heterocycles. The lowest BCUT2D eigenvalue weighted by atomic mass is 10.3. The van der Waals surface area contributed by atoms with Crippen LogP contribution < -0.4 is 0 Å². The molecule has 0 fully saturated rings. The van der Waals surface area contributed by atoms with Gasteiger partial charge >= 0.3 is 5.97 Å². The maximum absolute atomic E-state index is 10.1. The molecule has 0 amide bonds. The summed E-state index contributed by atoms with van der Waals surface area (Å²) in [4.78, 5) is 10.1. The first-order valence-corrected chi connectivity index (χ1v) is 2.98. The Morgan fingerprint density at radius 1 is 1.70 bits per heavy atom. The van der Waals surface area contributed by atoms with Crippen LogP contribution in [0.3, 0.4) is 0 Å². The minimum Gasteiger partial charge on any atom is -0.500 e. The van der Waals surface area contributed by atoms with Gasteiger partial charge in [-0.05, 0) is 13.3 Å². The summed E-state index contributed by atoms with van der Waals surface area (Å²) in [6.07, 6.45) is 3.04. The lowest BCUT2D eigenvalue weighted by Crippen LogP contribution is -1.97. The van der Waals surface area contributed by atoms with Crippen molar-refractivity contribution in [1.82, 2.24) is 0 Å². The van der Waals surface area contributed by atoms with E-state index in [9.17, 15) is 4.79 Å². The highest BCUT2D eigenvalue weighted by molar-refractivity contribution is 5.85. The van der Waals surface area contributed by atoms with Gasteiger partial charge in [0.25, 0.3) is 0 Å². The normalized spacial score (nSPS) is 11.2. The first-order valence-electron chi connectivity index (χ1n) is 2.98. The second-order valence-electron chi connectivity index (χ2n) is 1.85. The summed E-state index contributed by atoms with van der Waals surface area (Å²) in [6.45, 7) is 3.77. The van der Waals surface area contributed by atoms with E-state index in [2.05, 4.69) is 0 Å². The number of hydrogen-bond acceptors (Lipinski definition) is 2. The second kappa shape index (κ2) is 4.85. The van der Waals surface area contributed by atoms with E-state index in [1.807, 2.05) is 6.92 Å². The zero-order valence-corrected chi connectivity index (χ0v) is 6.13. The number of rotatable bonds is 4. The average molecular weight is 143 g/mol. The van der Waals surface area contributed by atoms with Crippen molar-refractivity contribution in [2.24, 2.45) is 0 Å². The molecule has 0 unspecified atom stereocenters. The first-order chi connectivity index (χ1) is 4.68. The lowest BCUT2D eigenvalue weighted by molar-refractivity contribution is -0.132. The topological polar surface area (TPSA) is 46.5 Å². The molecule has 0 aliphatic carbocycles. The summed E-state index contributed by atoms with van der Waals surface area (Å²) in [7, 11) is 0. The Hall–Kier alpha value is -0.990. The van der Waals surface area contributed by atoms with Crippen LogP contribution in [0.2, 0.25) is 0 Å². The van der Waals surface area contributed by atoms with Crippen LogP contribution in [0, 0.1) is 6.42 Å². The summed E-state index contributed by atoms with van der Waals surface area (Å²) < 4.78 is 4.81. The molecule has 0 heterocycles. The lowest BCUT2D eigenvalue weighted by Gasteiger charge is -1.96. The minimum absolute atomic E-state index is 0.210. The zero-order chi connectivity index (χ0) is 7.98. The van der Waals surface area contributed by atoms with Gasteiger partial charge in [0.1, 0.15) is 0 Å². The predicted octanol–water partition coefficient (Wildman–Crippen LogP) is 1.22. The van der Waals surface area contributed by atoms with E-state index in [4.69, 9.17) is 9.84 Å². The SMILES string of the molecule is C[CH]COC=C(C)C(=O)O. The summed E-state index contributed by atoms with van der Waals surface area (Å²) in [6, 6.07) is 0. The molecule has 0 aromatic heterocycles. The third kappa shape index (κ3) is 3.95. The third-order valence-electron chi connectivity index (χ3n) is 0.860. The Morgan fingerprint density at radius 2 is 2.30 bits per heavy atom. The van der Waals surface area contributed by atoms with Gasteiger partial charge in [0.05, 0.1) is 18.4 Å². The van der Waals surface area contributed by atoms with Gasteiger partial charge in [-0.3, -0.25) is 0 Å². The molecule has 0 aliphatic rings. The summed E-state index contributed by atoms with van der Waals surface area (Å²) in [5.41, 5.74) is 0.210. The monoisotopic (exact) mass is 143 g/mol. The molecular formula is C7H11O3. The number of aliphatic carboxylic acids is 1. The van der Waals surface area contributed by atoms with Gasteiger partial charge in [-0.2, -0.15) is 0 Å². The summed E-state index contributed by atoms with van der Waals surface area (Å²) in [5, 5.41) is 8.32. The standard InChI is InChI=1S/C7H11O3/c1-3-4-10-5-6(2)7(8)9/h3,5H,4H2,1-2H3,(H,8,9). The van der Waals surface area contributed by atoms with E-state index in [0.717, 1.165) is 0 Å². The largest absolute Gasteiger partial charge is 0.500 e. The van der Waals surface area contributed by atoms with Gasteiger partial charge in [-0.15, -0.1) is 0 Å². The minimum atomic E-state index is -0.948. The molecule has 3 heteroatoms. The Bertz CT molecular complexity index is 138. The number of hydrogen-bond donors (Lipinski definition) is 1. The van der Waals surface area contributed by atoms with Crippen LogP contribution in [0.5, 0.6) is 0 Å². The molecule has 3 nitrogen and oxygen atoms in total. The molecule has 0 saturated carbocycles. The Balaban J connectivity index is 3.58. The molecule has 1 radical (unpaired) electrons. The predicted molar refractivity (Wildman–Crippen MR) is 37.3 cm³/mol. The maximum atomic E-state index is 10.1. The molecule has 0 bridgehead atoms. The smallest absolute Gasteiger partial charge is 0.334 e. The van der Waals surface area contributed by atoms with E-state index in [1.165, 1.54) is 13.2 Å². The van der Waals surface area contributed by atoms with Crippen LogP contribution in [-0.4, -0.2) is 17.7 Å². The fourth-order valence-corrected chi connectivity index (χ4v) is 0.320. The first kappa shape index (κ1) is 9.01. The Labute approximate surface area is 60.3 Å². The molecule has 0 rings (SSSR count). The van der Waals surface area contributed by atoms with Crippen LogP contribution in [-0.2, 0) is 9.53 Å². The quantitative estimate of drug-likeness (QED) is 0.365. The number of carbonyl (C=O) groups is 1. The molecule has 1 N–H and O–H groups in total. The van der Waals surface area contributed by atoms with E-state index < -0.39 is 5.97 Å². The van der Waals surface area contributed by atoms with Gasteiger partial charge in [0.15, 0.2) is 0 Å². The van der Waals surface area contributed by atoms with Crippen LogP contribution >= 0.6 is 0 Å². The number of carboxylic acid groups (broad SMARTS) is 1. The average Bonchev–Trinajstić information content (AvgIpc) is 1.88. The highest BCUT2D eigenvalue weighted by Gasteiger charge is 1.97. The van der Waals surface area contributed by atoms with E-state index in [-0.39, 0.29) is 5.57 Å². The van der Waals surface area contributed by atoms with Crippen molar-refractivity contribution in [1.29, 1.82) is 0 Å². The van der Waals surface area contributed by atoms with E-state index in [0.29, 0.717) is 6.61 Å².